The van der Waals surface area contributed by atoms with Crippen molar-refractivity contribution in [1.82, 2.24) is 9.80 Å². The quantitative estimate of drug-likeness (QED) is 0.763. The van der Waals surface area contributed by atoms with E-state index in [4.69, 9.17) is 5.73 Å². The Morgan fingerprint density at radius 1 is 1.24 bits per heavy atom. The Balaban J connectivity index is 1.78. The first-order chi connectivity index (χ1) is 8.26. The average Bonchev–Trinajstić information content (AvgIpc) is 3.16. The van der Waals surface area contributed by atoms with E-state index in [0.29, 0.717) is 6.04 Å². The molecular weight excluding hydrogens is 210 g/mol. The van der Waals surface area contributed by atoms with Gasteiger partial charge in [-0.05, 0) is 64.7 Å². The van der Waals surface area contributed by atoms with Crippen molar-refractivity contribution in [2.75, 3.05) is 33.2 Å². The van der Waals surface area contributed by atoms with Gasteiger partial charge in [-0.1, -0.05) is 6.92 Å². The molecule has 0 radical (unpaired) electrons. The molecule has 3 nitrogen and oxygen atoms in total. The third-order valence-electron chi connectivity index (χ3n) is 4.60. The lowest BCUT2D eigenvalue weighted by Crippen LogP contribution is -2.50. The smallest absolute Gasteiger partial charge is 0.0246 e. The Kier molecular flexibility index (Phi) is 4.83. The molecule has 1 heterocycles. The first-order valence-corrected chi connectivity index (χ1v) is 7.40. The highest BCUT2D eigenvalue weighted by Crippen LogP contribution is 2.36. The molecule has 0 bridgehead atoms. The molecule has 2 aliphatic rings. The predicted molar refractivity (Wildman–Crippen MR) is 73.1 cm³/mol. The van der Waals surface area contributed by atoms with Gasteiger partial charge in [0.05, 0.1) is 0 Å². The zero-order valence-corrected chi connectivity index (χ0v) is 11.6. The predicted octanol–water partition coefficient (Wildman–Crippen LogP) is 1.53. The van der Waals surface area contributed by atoms with Gasteiger partial charge in [0, 0.05) is 18.6 Å². The van der Waals surface area contributed by atoms with Gasteiger partial charge in [-0.2, -0.15) is 0 Å². The van der Waals surface area contributed by atoms with Gasteiger partial charge in [0.15, 0.2) is 0 Å². The maximum absolute atomic E-state index is 5.94. The van der Waals surface area contributed by atoms with E-state index >= 15 is 0 Å². The van der Waals surface area contributed by atoms with Crippen LogP contribution in [0.5, 0.6) is 0 Å². The molecule has 1 unspecified atom stereocenters. The van der Waals surface area contributed by atoms with Crippen LogP contribution >= 0.6 is 0 Å². The minimum absolute atomic E-state index is 0.651. The first kappa shape index (κ1) is 13.3. The van der Waals surface area contributed by atoms with Gasteiger partial charge >= 0.3 is 0 Å². The molecule has 3 heteroatoms. The van der Waals surface area contributed by atoms with E-state index in [1.807, 2.05) is 0 Å². The molecule has 0 spiro atoms. The molecule has 2 N–H and O–H groups in total. The molecule has 0 aromatic carbocycles. The molecule has 1 aliphatic heterocycles. The molecule has 1 saturated carbocycles. The summed E-state index contributed by atoms with van der Waals surface area (Å²) in [6, 6.07) is 1.43. The Bertz CT molecular complexity index is 220. The molecule has 1 atom stereocenters. The van der Waals surface area contributed by atoms with Crippen molar-refractivity contribution in [3.8, 4) is 0 Å². The minimum atomic E-state index is 0.651. The highest BCUT2D eigenvalue weighted by atomic mass is 15.2. The summed E-state index contributed by atoms with van der Waals surface area (Å²) in [7, 11) is 2.30. The van der Waals surface area contributed by atoms with Crippen molar-refractivity contribution in [2.45, 2.75) is 51.1 Å². The van der Waals surface area contributed by atoms with Crippen LogP contribution in [0, 0.1) is 5.92 Å². The Hall–Kier alpha value is -0.120. The molecule has 0 aromatic rings. The lowest BCUT2D eigenvalue weighted by atomic mass is 10.00. The zero-order chi connectivity index (χ0) is 12.3. The molecule has 0 amide bonds. The highest BCUT2D eigenvalue weighted by molar-refractivity contribution is 4.91. The van der Waals surface area contributed by atoms with Crippen LogP contribution in [0.1, 0.15) is 39.0 Å². The van der Waals surface area contributed by atoms with Crippen LogP contribution in [0.2, 0.25) is 0 Å². The second-order valence-electron chi connectivity index (χ2n) is 5.88. The second kappa shape index (κ2) is 6.17. The molecule has 17 heavy (non-hydrogen) atoms. The summed E-state index contributed by atoms with van der Waals surface area (Å²) >= 11 is 0. The van der Waals surface area contributed by atoms with Gasteiger partial charge in [-0.25, -0.2) is 0 Å². The number of hydrogen-bond acceptors (Lipinski definition) is 3. The van der Waals surface area contributed by atoms with Gasteiger partial charge < -0.3 is 10.6 Å². The van der Waals surface area contributed by atoms with Crippen molar-refractivity contribution in [2.24, 2.45) is 11.7 Å². The minimum Gasteiger partial charge on any atom is -0.329 e. The number of rotatable bonds is 6. The molecule has 2 rings (SSSR count). The largest absolute Gasteiger partial charge is 0.329 e. The van der Waals surface area contributed by atoms with Crippen LogP contribution in [0.3, 0.4) is 0 Å². The van der Waals surface area contributed by atoms with Crippen LogP contribution in [0.15, 0.2) is 0 Å². The van der Waals surface area contributed by atoms with Crippen molar-refractivity contribution in [3.63, 3.8) is 0 Å². The summed E-state index contributed by atoms with van der Waals surface area (Å²) in [6.45, 7) is 6.96. The Morgan fingerprint density at radius 3 is 2.35 bits per heavy atom. The number of likely N-dealkylation sites (tertiary alicyclic amines) is 1. The van der Waals surface area contributed by atoms with E-state index in [9.17, 15) is 0 Å². The van der Waals surface area contributed by atoms with Crippen LogP contribution in [0.25, 0.3) is 0 Å². The van der Waals surface area contributed by atoms with Crippen molar-refractivity contribution in [3.05, 3.63) is 0 Å². The lowest BCUT2D eigenvalue weighted by Gasteiger charge is -2.40. The monoisotopic (exact) mass is 239 g/mol. The maximum atomic E-state index is 5.94. The average molecular weight is 239 g/mol. The summed E-state index contributed by atoms with van der Waals surface area (Å²) in [5.74, 6) is 0.902. The molecule has 100 valence electrons. The van der Waals surface area contributed by atoms with Crippen LogP contribution < -0.4 is 5.73 Å². The van der Waals surface area contributed by atoms with Gasteiger partial charge in [0.2, 0.25) is 0 Å². The highest BCUT2D eigenvalue weighted by Gasteiger charge is 2.36. The number of likely N-dealkylation sites (N-methyl/N-ethyl adjacent to an activating group) is 1. The van der Waals surface area contributed by atoms with Crippen molar-refractivity contribution < 1.29 is 0 Å². The van der Waals surface area contributed by atoms with Gasteiger partial charge in [0.1, 0.15) is 0 Å². The molecule has 0 aromatic heterocycles. The number of piperidine rings is 1. The fraction of sp³-hybridized carbons (Fsp3) is 1.00. The topological polar surface area (TPSA) is 32.5 Å². The van der Waals surface area contributed by atoms with E-state index < -0.39 is 0 Å². The van der Waals surface area contributed by atoms with Gasteiger partial charge in [-0.3, -0.25) is 4.90 Å². The summed E-state index contributed by atoms with van der Waals surface area (Å²) in [5, 5.41) is 0. The SMILES string of the molecule is CCCN1CCC(N(C)C(CN)C2CC2)CC1. The zero-order valence-electron chi connectivity index (χ0n) is 11.6. The summed E-state index contributed by atoms with van der Waals surface area (Å²) < 4.78 is 0. The Labute approximate surface area is 106 Å². The van der Waals surface area contributed by atoms with Crippen LogP contribution in [0.4, 0.5) is 0 Å². The molecule has 1 saturated heterocycles. The molecular formula is C14H29N3. The standard InChI is InChI=1S/C14H29N3/c1-3-8-17-9-6-13(7-10-17)16(2)14(11-15)12-4-5-12/h12-14H,3-11,15H2,1-2H3. The Morgan fingerprint density at radius 2 is 1.88 bits per heavy atom. The van der Waals surface area contributed by atoms with Crippen LogP contribution in [-0.4, -0.2) is 55.1 Å². The van der Waals surface area contributed by atoms with Gasteiger partial charge in [0.25, 0.3) is 0 Å². The van der Waals surface area contributed by atoms with Crippen molar-refractivity contribution >= 4 is 0 Å². The van der Waals surface area contributed by atoms with E-state index in [1.165, 1.54) is 51.7 Å². The lowest BCUT2D eigenvalue weighted by molar-refractivity contribution is 0.0903. The van der Waals surface area contributed by atoms with E-state index in [1.54, 1.807) is 0 Å². The van der Waals surface area contributed by atoms with Gasteiger partial charge in [-0.15, -0.1) is 0 Å². The molecule has 2 fully saturated rings. The van der Waals surface area contributed by atoms with E-state index in [2.05, 4.69) is 23.8 Å². The fourth-order valence-corrected chi connectivity index (χ4v) is 3.31. The third-order valence-corrected chi connectivity index (χ3v) is 4.60. The number of hydrogen-bond donors (Lipinski definition) is 1. The van der Waals surface area contributed by atoms with E-state index in [0.717, 1.165) is 18.5 Å². The number of nitrogens with zero attached hydrogens (tertiary/aromatic N) is 2. The second-order valence-corrected chi connectivity index (χ2v) is 5.88. The number of nitrogens with two attached hydrogens (primary N) is 1. The van der Waals surface area contributed by atoms with Crippen molar-refractivity contribution in [1.29, 1.82) is 0 Å². The third kappa shape index (κ3) is 3.43. The molecule has 1 aliphatic carbocycles. The fourth-order valence-electron chi connectivity index (χ4n) is 3.31. The maximum Gasteiger partial charge on any atom is 0.0246 e. The first-order valence-electron chi connectivity index (χ1n) is 7.40. The summed E-state index contributed by atoms with van der Waals surface area (Å²) in [4.78, 5) is 5.21. The van der Waals surface area contributed by atoms with E-state index in [-0.39, 0.29) is 0 Å². The summed E-state index contributed by atoms with van der Waals surface area (Å²) in [6.07, 6.45) is 6.76. The summed E-state index contributed by atoms with van der Waals surface area (Å²) in [5.41, 5.74) is 5.94. The van der Waals surface area contributed by atoms with Crippen LogP contribution in [-0.2, 0) is 0 Å². The normalized spacial score (nSPS) is 25.4.